The minimum atomic E-state index is -0.376. The van der Waals surface area contributed by atoms with Gasteiger partial charge in [0.25, 0.3) is 0 Å². The van der Waals surface area contributed by atoms with Crippen molar-refractivity contribution in [3.8, 4) is 0 Å². The van der Waals surface area contributed by atoms with Gasteiger partial charge in [-0.15, -0.1) is 0 Å². The topological polar surface area (TPSA) is 62.3 Å². The van der Waals surface area contributed by atoms with E-state index >= 15 is 0 Å². The van der Waals surface area contributed by atoms with Crippen LogP contribution >= 0.6 is 0 Å². The molecule has 6 heteroatoms. The maximum atomic E-state index is 13.1. The van der Waals surface area contributed by atoms with Crippen molar-refractivity contribution in [2.45, 2.75) is 13.3 Å². The number of rotatable bonds is 5. The van der Waals surface area contributed by atoms with Crippen molar-refractivity contribution >= 4 is 34.1 Å². The van der Waals surface area contributed by atoms with Crippen LogP contribution in [0.5, 0.6) is 0 Å². The fourth-order valence-corrected chi connectivity index (χ4v) is 2.72. The summed E-state index contributed by atoms with van der Waals surface area (Å²) in [4.78, 5) is 29.9. The van der Waals surface area contributed by atoms with E-state index in [0.29, 0.717) is 16.9 Å². The van der Waals surface area contributed by atoms with Crippen molar-refractivity contribution in [2.75, 3.05) is 16.8 Å². The lowest BCUT2D eigenvalue weighted by Gasteiger charge is -2.21. The van der Waals surface area contributed by atoms with Gasteiger partial charge < -0.3 is 10.2 Å². The van der Waals surface area contributed by atoms with Gasteiger partial charge in [0.15, 0.2) is 0 Å². The largest absolute Gasteiger partial charge is 0.324 e. The van der Waals surface area contributed by atoms with Gasteiger partial charge in [-0.1, -0.05) is 18.2 Å². The third kappa shape index (κ3) is 4.03. The summed E-state index contributed by atoms with van der Waals surface area (Å²) in [5.41, 5.74) is 1.90. The van der Waals surface area contributed by atoms with Crippen LogP contribution in [-0.2, 0) is 9.59 Å². The molecule has 2 aromatic carbocycles. The number of amides is 2. The third-order valence-electron chi connectivity index (χ3n) is 3.99. The number of aromatic nitrogens is 1. The third-order valence-corrected chi connectivity index (χ3v) is 3.99. The van der Waals surface area contributed by atoms with Crippen molar-refractivity contribution < 1.29 is 14.0 Å². The summed E-state index contributed by atoms with van der Waals surface area (Å²) in [7, 11) is 0. The van der Waals surface area contributed by atoms with Gasteiger partial charge in [-0.2, -0.15) is 0 Å². The van der Waals surface area contributed by atoms with E-state index in [4.69, 9.17) is 0 Å². The first-order valence-electron chi connectivity index (χ1n) is 8.22. The molecular formula is C20H18FN3O2. The van der Waals surface area contributed by atoms with Crippen molar-refractivity contribution in [2.24, 2.45) is 0 Å². The number of para-hydroxylation sites is 1. The van der Waals surface area contributed by atoms with Crippen molar-refractivity contribution in [3.05, 3.63) is 66.6 Å². The van der Waals surface area contributed by atoms with Crippen LogP contribution < -0.4 is 10.2 Å². The van der Waals surface area contributed by atoms with Gasteiger partial charge in [0.05, 0.1) is 11.2 Å². The van der Waals surface area contributed by atoms with Crippen LogP contribution in [-0.4, -0.2) is 23.3 Å². The van der Waals surface area contributed by atoms with E-state index in [1.165, 1.54) is 36.1 Å². The molecule has 26 heavy (non-hydrogen) atoms. The molecule has 1 N–H and O–H groups in total. The summed E-state index contributed by atoms with van der Waals surface area (Å²) in [5, 5.41) is 3.77. The lowest BCUT2D eigenvalue weighted by molar-refractivity contribution is -0.117. The average molecular weight is 351 g/mol. The Hall–Kier alpha value is -3.28. The standard InChI is InChI=1S/C20H18FN3O2/c1-14(25)24(17-9-7-16(21)8-10-17)13-11-19(26)23-18-6-2-4-15-5-3-12-22-20(15)18/h2-10,12H,11,13H2,1H3,(H,23,26). The summed E-state index contributed by atoms with van der Waals surface area (Å²) >= 11 is 0. The summed E-state index contributed by atoms with van der Waals surface area (Å²) in [6.07, 6.45) is 1.78. The molecule has 132 valence electrons. The summed E-state index contributed by atoms with van der Waals surface area (Å²) in [6, 6.07) is 14.9. The highest BCUT2D eigenvalue weighted by atomic mass is 19.1. The van der Waals surface area contributed by atoms with E-state index in [2.05, 4.69) is 10.3 Å². The SMILES string of the molecule is CC(=O)N(CCC(=O)Nc1cccc2cccnc12)c1ccc(F)cc1. The number of nitrogens with one attached hydrogen (secondary N) is 1. The second kappa shape index (κ2) is 7.74. The van der Waals surface area contributed by atoms with Gasteiger partial charge in [0.1, 0.15) is 5.82 Å². The zero-order valence-electron chi connectivity index (χ0n) is 14.3. The van der Waals surface area contributed by atoms with Gasteiger partial charge in [0, 0.05) is 37.2 Å². The number of benzene rings is 2. The molecule has 0 unspecified atom stereocenters. The quantitative estimate of drug-likeness (QED) is 0.761. The molecule has 3 aromatic rings. The molecule has 0 radical (unpaired) electrons. The molecule has 0 spiro atoms. The Bertz CT molecular complexity index is 936. The highest BCUT2D eigenvalue weighted by Crippen LogP contribution is 2.21. The molecule has 1 aromatic heterocycles. The predicted molar refractivity (Wildman–Crippen MR) is 99.4 cm³/mol. The lowest BCUT2D eigenvalue weighted by Crippen LogP contribution is -2.32. The van der Waals surface area contributed by atoms with E-state index in [1.54, 1.807) is 12.3 Å². The van der Waals surface area contributed by atoms with E-state index in [-0.39, 0.29) is 30.6 Å². The van der Waals surface area contributed by atoms with Crippen LogP contribution in [0.25, 0.3) is 10.9 Å². The molecule has 0 saturated carbocycles. The van der Waals surface area contributed by atoms with Gasteiger partial charge in [-0.25, -0.2) is 4.39 Å². The van der Waals surface area contributed by atoms with E-state index < -0.39 is 0 Å². The number of carbonyl (C=O) groups is 2. The number of hydrogen-bond acceptors (Lipinski definition) is 3. The molecule has 0 saturated heterocycles. The molecule has 0 atom stereocenters. The fourth-order valence-electron chi connectivity index (χ4n) is 2.72. The molecule has 1 heterocycles. The minimum absolute atomic E-state index is 0.111. The number of hydrogen-bond donors (Lipinski definition) is 1. The molecule has 0 aliphatic heterocycles. The van der Waals surface area contributed by atoms with Crippen LogP contribution in [0.15, 0.2) is 60.8 Å². The predicted octanol–water partition coefficient (Wildman–Crippen LogP) is 3.76. The van der Waals surface area contributed by atoms with Gasteiger partial charge in [0.2, 0.25) is 11.8 Å². The minimum Gasteiger partial charge on any atom is -0.324 e. The maximum absolute atomic E-state index is 13.1. The highest BCUT2D eigenvalue weighted by Gasteiger charge is 2.14. The van der Waals surface area contributed by atoms with Crippen molar-refractivity contribution in [1.29, 1.82) is 0 Å². The summed E-state index contributed by atoms with van der Waals surface area (Å²) in [6.45, 7) is 1.61. The average Bonchev–Trinajstić information content (AvgIpc) is 2.63. The van der Waals surface area contributed by atoms with Gasteiger partial charge >= 0.3 is 0 Å². The highest BCUT2D eigenvalue weighted by molar-refractivity contribution is 6.01. The van der Waals surface area contributed by atoms with E-state index in [9.17, 15) is 14.0 Å². The number of nitrogens with zero attached hydrogens (tertiary/aromatic N) is 2. The fraction of sp³-hybridized carbons (Fsp3) is 0.150. The molecule has 2 amide bonds. The smallest absolute Gasteiger partial charge is 0.226 e. The first-order chi connectivity index (χ1) is 12.5. The monoisotopic (exact) mass is 351 g/mol. The number of carbonyl (C=O) groups excluding carboxylic acids is 2. The molecular weight excluding hydrogens is 333 g/mol. The van der Waals surface area contributed by atoms with Crippen LogP contribution in [0.4, 0.5) is 15.8 Å². The zero-order valence-corrected chi connectivity index (χ0v) is 14.3. The molecule has 0 fully saturated rings. The zero-order chi connectivity index (χ0) is 18.5. The lowest BCUT2D eigenvalue weighted by atomic mass is 10.2. The second-order valence-electron chi connectivity index (χ2n) is 5.83. The Labute approximate surface area is 150 Å². The molecule has 5 nitrogen and oxygen atoms in total. The normalized spacial score (nSPS) is 10.5. The number of pyridine rings is 1. The number of fused-ring (bicyclic) bond motifs is 1. The van der Waals surface area contributed by atoms with Gasteiger partial charge in [-0.05, 0) is 36.4 Å². The van der Waals surface area contributed by atoms with Crippen LogP contribution in [0.3, 0.4) is 0 Å². The van der Waals surface area contributed by atoms with Crippen molar-refractivity contribution in [1.82, 2.24) is 4.98 Å². The molecule has 0 aliphatic carbocycles. The van der Waals surface area contributed by atoms with E-state index in [1.807, 2.05) is 24.3 Å². The Morgan fingerprint density at radius 1 is 1.08 bits per heavy atom. The van der Waals surface area contributed by atoms with Gasteiger partial charge in [-0.3, -0.25) is 14.6 Å². The number of halogens is 1. The summed E-state index contributed by atoms with van der Waals surface area (Å²) in [5.74, 6) is -0.814. The Morgan fingerprint density at radius 3 is 2.54 bits per heavy atom. The Balaban J connectivity index is 1.69. The number of anilines is 2. The Kier molecular flexibility index (Phi) is 5.22. The summed E-state index contributed by atoms with van der Waals surface area (Å²) < 4.78 is 13.1. The van der Waals surface area contributed by atoms with Crippen LogP contribution in [0, 0.1) is 5.82 Å². The van der Waals surface area contributed by atoms with Crippen LogP contribution in [0.1, 0.15) is 13.3 Å². The maximum Gasteiger partial charge on any atom is 0.226 e. The van der Waals surface area contributed by atoms with E-state index in [0.717, 1.165) is 5.39 Å². The second-order valence-corrected chi connectivity index (χ2v) is 5.83. The van der Waals surface area contributed by atoms with Crippen LogP contribution in [0.2, 0.25) is 0 Å². The first kappa shape index (κ1) is 17.5. The Morgan fingerprint density at radius 2 is 1.81 bits per heavy atom. The van der Waals surface area contributed by atoms with Crippen molar-refractivity contribution in [3.63, 3.8) is 0 Å². The molecule has 0 aliphatic rings. The molecule has 3 rings (SSSR count). The first-order valence-corrected chi connectivity index (χ1v) is 8.22. The molecule has 0 bridgehead atoms.